The van der Waals surface area contributed by atoms with Gasteiger partial charge in [0.25, 0.3) is 0 Å². The van der Waals surface area contributed by atoms with Crippen LogP contribution < -0.4 is 0 Å². The van der Waals surface area contributed by atoms with Gasteiger partial charge in [0.05, 0.1) is 6.61 Å². The van der Waals surface area contributed by atoms with E-state index in [1.165, 1.54) is 0 Å². The lowest BCUT2D eigenvalue weighted by Crippen LogP contribution is -1.70. The Balaban J connectivity index is 0. The van der Waals surface area contributed by atoms with Crippen molar-refractivity contribution in [1.82, 2.24) is 0 Å². The first-order valence-electron chi connectivity index (χ1n) is 3.35. The van der Waals surface area contributed by atoms with Crippen LogP contribution in [0.1, 0.15) is 33.1 Å². The summed E-state index contributed by atoms with van der Waals surface area (Å²) in [6.45, 7) is 3.64. The van der Waals surface area contributed by atoms with Crippen molar-refractivity contribution in [2.45, 2.75) is 33.1 Å². The Bertz CT molecular complexity index is 44.2. The third-order valence-corrected chi connectivity index (χ3v) is 0.676. The van der Waals surface area contributed by atoms with E-state index in [0.29, 0.717) is 0 Å². The fraction of sp³-hybridized carbons (Fsp3) is 0.857. The number of carbonyl (C=O) groups excluding carboxylic acids is 1. The molecule has 0 aliphatic heterocycles. The summed E-state index contributed by atoms with van der Waals surface area (Å²) in [6.07, 6.45) is 3.86. The Kier molecular flexibility index (Phi) is 19.9. The summed E-state index contributed by atoms with van der Waals surface area (Å²) in [4.78, 5) is 9.56. The van der Waals surface area contributed by atoms with Crippen LogP contribution in [0.15, 0.2) is 0 Å². The molecule has 2 nitrogen and oxygen atoms in total. The summed E-state index contributed by atoms with van der Waals surface area (Å²) in [5.74, 6) is 0. The van der Waals surface area contributed by atoms with Gasteiger partial charge in [0.2, 0.25) is 0 Å². The lowest BCUT2D eigenvalue weighted by Gasteiger charge is -1.79. The maximum absolute atomic E-state index is 9.56. The van der Waals surface area contributed by atoms with Crippen LogP contribution in [0.25, 0.3) is 0 Å². The van der Waals surface area contributed by atoms with Crippen LogP contribution in [0.2, 0.25) is 0 Å². The molecule has 0 heterocycles. The van der Waals surface area contributed by atoms with Gasteiger partial charge in [-0.15, -0.1) is 0 Å². The number of unbranched alkanes of at least 4 members (excludes halogenated alkanes) is 2. The van der Waals surface area contributed by atoms with Crippen molar-refractivity contribution < 1.29 is 9.90 Å². The van der Waals surface area contributed by atoms with Gasteiger partial charge in [-0.3, -0.25) is 0 Å². The van der Waals surface area contributed by atoms with E-state index in [4.69, 9.17) is 5.11 Å². The van der Waals surface area contributed by atoms with E-state index in [9.17, 15) is 4.79 Å². The smallest absolute Gasteiger partial charge is 0.119 e. The molecule has 0 N–H and O–H groups in total. The Labute approximate surface area is 56.9 Å². The van der Waals surface area contributed by atoms with Gasteiger partial charge in [0.15, 0.2) is 0 Å². The second-order valence-corrected chi connectivity index (χ2v) is 1.60. The number of aldehydes is 1. The van der Waals surface area contributed by atoms with Gasteiger partial charge >= 0.3 is 0 Å². The largest absolute Gasteiger partial charge is 0.303 e. The molecule has 0 bridgehead atoms. The fourth-order valence-electron chi connectivity index (χ4n) is 0.287. The normalized spacial score (nSPS) is 7.44. The molecular weight excluding hydrogens is 116 g/mol. The lowest BCUT2D eigenvalue weighted by atomic mass is 10.3. The first-order chi connectivity index (χ1) is 4.33. The van der Waals surface area contributed by atoms with E-state index in [0.717, 1.165) is 25.5 Å². The molecule has 2 heteroatoms. The quantitative estimate of drug-likeness (QED) is 0.425. The molecular formula is C7H15O2. The predicted molar refractivity (Wildman–Crippen MR) is 36.8 cm³/mol. The van der Waals surface area contributed by atoms with E-state index in [1.807, 2.05) is 0 Å². The van der Waals surface area contributed by atoms with Crippen LogP contribution in [0.3, 0.4) is 0 Å². The minimum Gasteiger partial charge on any atom is -0.303 e. The van der Waals surface area contributed by atoms with Gasteiger partial charge in [0.1, 0.15) is 6.29 Å². The fourth-order valence-corrected chi connectivity index (χ4v) is 0.287. The Morgan fingerprint density at radius 1 is 1.33 bits per heavy atom. The SMILES string of the molecule is CCCCC=O.CC[O]. The topological polar surface area (TPSA) is 37.0 Å². The molecule has 0 saturated heterocycles. The van der Waals surface area contributed by atoms with Crippen molar-refractivity contribution >= 4 is 6.29 Å². The molecule has 1 radical (unpaired) electrons. The summed E-state index contributed by atoms with van der Waals surface area (Å²) >= 11 is 0. The molecule has 9 heavy (non-hydrogen) atoms. The van der Waals surface area contributed by atoms with Crippen LogP contribution in [0, 0.1) is 0 Å². The average molecular weight is 131 g/mol. The maximum atomic E-state index is 9.56. The summed E-state index contributed by atoms with van der Waals surface area (Å²) in [5.41, 5.74) is 0. The Morgan fingerprint density at radius 3 is 1.89 bits per heavy atom. The Hall–Kier alpha value is -0.370. The van der Waals surface area contributed by atoms with E-state index in [1.54, 1.807) is 6.92 Å². The maximum Gasteiger partial charge on any atom is 0.119 e. The summed E-state index contributed by atoms with van der Waals surface area (Å²) < 4.78 is 0. The van der Waals surface area contributed by atoms with Crippen molar-refractivity contribution in [3.05, 3.63) is 0 Å². The van der Waals surface area contributed by atoms with Gasteiger partial charge in [-0.25, -0.2) is 5.11 Å². The van der Waals surface area contributed by atoms with Crippen LogP contribution in [0.4, 0.5) is 0 Å². The molecule has 0 unspecified atom stereocenters. The first-order valence-corrected chi connectivity index (χ1v) is 3.35. The van der Waals surface area contributed by atoms with E-state index in [-0.39, 0.29) is 6.61 Å². The zero-order valence-corrected chi connectivity index (χ0v) is 6.22. The van der Waals surface area contributed by atoms with E-state index in [2.05, 4.69) is 6.92 Å². The lowest BCUT2D eigenvalue weighted by molar-refractivity contribution is -0.107. The molecule has 0 atom stereocenters. The summed E-state index contributed by atoms with van der Waals surface area (Å²) in [7, 11) is 0. The molecule has 0 fully saturated rings. The molecule has 0 saturated carbocycles. The van der Waals surface area contributed by atoms with Crippen molar-refractivity contribution in [2.75, 3.05) is 6.61 Å². The molecule has 0 amide bonds. The van der Waals surface area contributed by atoms with Crippen molar-refractivity contribution in [3.63, 3.8) is 0 Å². The van der Waals surface area contributed by atoms with Crippen molar-refractivity contribution in [1.29, 1.82) is 0 Å². The average Bonchev–Trinajstić information content (AvgIpc) is 1.86. The minimum atomic E-state index is 0. The molecule has 55 valence electrons. The number of hydrogen-bond donors (Lipinski definition) is 0. The second kappa shape index (κ2) is 15.6. The van der Waals surface area contributed by atoms with Crippen molar-refractivity contribution in [2.24, 2.45) is 0 Å². The minimum absolute atomic E-state index is 0. The molecule has 0 aromatic carbocycles. The monoisotopic (exact) mass is 131 g/mol. The van der Waals surface area contributed by atoms with E-state index < -0.39 is 0 Å². The molecule has 0 aliphatic carbocycles. The second-order valence-electron chi connectivity index (χ2n) is 1.60. The standard InChI is InChI=1S/C5H10O.C2H5O/c1-2-3-4-5-6;1-2-3/h5H,2-4H2,1H3;2H2,1H3. The van der Waals surface area contributed by atoms with Crippen LogP contribution in [-0.2, 0) is 9.90 Å². The van der Waals surface area contributed by atoms with Gasteiger partial charge in [0, 0.05) is 6.42 Å². The van der Waals surface area contributed by atoms with Crippen molar-refractivity contribution in [3.8, 4) is 0 Å². The third-order valence-electron chi connectivity index (χ3n) is 0.676. The van der Waals surface area contributed by atoms with Crippen LogP contribution in [-0.4, -0.2) is 12.9 Å². The molecule has 0 rings (SSSR count). The van der Waals surface area contributed by atoms with Gasteiger partial charge in [-0.2, -0.15) is 0 Å². The van der Waals surface area contributed by atoms with Gasteiger partial charge in [-0.05, 0) is 13.3 Å². The number of hydrogen-bond acceptors (Lipinski definition) is 1. The van der Waals surface area contributed by atoms with Gasteiger partial charge < -0.3 is 4.79 Å². The predicted octanol–water partition coefficient (Wildman–Crippen LogP) is 1.81. The third kappa shape index (κ3) is 35.0. The summed E-state index contributed by atoms with van der Waals surface area (Å²) in [6, 6.07) is 0. The van der Waals surface area contributed by atoms with Crippen LogP contribution >= 0.6 is 0 Å². The van der Waals surface area contributed by atoms with E-state index >= 15 is 0 Å². The van der Waals surface area contributed by atoms with Gasteiger partial charge in [-0.1, -0.05) is 13.3 Å². The zero-order valence-electron chi connectivity index (χ0n) is 6.22. The highest BCUT2D eigenvalue weighted by Gasteiger charge is 1.74. The Morgan fingerprint density at radius 2 is 1.78 bits per heavy atom. The molecule has 0 spiro atoms. The zero-order chi connectivity index (χ0) is 7.54. The number of rotatable bonds is 3. The molecule has 0 aliphatic rings. The highest BCUT2D eigenvalue weighted by atomic mass is 16.2. The summed E-state index contributed by atoms with van der Waals surface area (Å²) in [5, 5.41) is 8.93. The van der Waals surface area contributed by atoms with Crippen LogP contribution in [0.5, 0.6) is 0 Å². The highest BCUT2D eigenvalue weighted by molar-refractivity contribution is 5.48. The number of carbonyl (C=O) groups is 1. The molecule has 0 aromatic heterocycles. The molecule has 0 aromatic rings. The highest BCUT2D eigenvalue weighted by Crippen LogP contribution is 1.87. The first kappa shape index (κ1) is 11.4.